The molecule has 0 radical (unpaired) electrons. The van der Waals surface area contributed by atoms with E-state index in [9.17, 15) is 4.79 Å². The van der Waals surface area contributed by atoms with E-state index >= 15 is 0 Å². The van der Waals surface area contributed by atoms with Gasteiger partial charge in [0.2, 0.25) is 0 Å². The van der Waals surface area contributed by atoms with Crippen molar-refractivity contribution in [2.24, 2.45) is 4.99 Å². The van der Waals surface area contributed by atoms with Crippen molar-refractivity contribution in [2.45, 2.75) is 6.42 Å². The molecule has 0 spiro atoms. The van der Waals surface area contributed by atoms with Gasteiger partial charge in [-0.25, -0.2) is 9.79 Å². The standard InChI is InChI=1S/C27H28ClN3O2/c1-33-27(32)23-13-11-22(12-14-23)26(29-25-10-6-5-9-24(25)28)31-19-17-30(18-20-31)16-15-21-7-3-2-4-8-21/h2-14H,15-20H2,1H3. The normalized spacial score (nSPS) is 14.8. The Bertz CT molecular complexity index is 1090. The van der Waals surface area contributed by atoms with Crippen LogP contribution in [0.25, 0.3) is 0 Å². The Kier molecular flexibility index (Phi) is 7.76. The predicted molar refractivity (Wildman–Crippen MR) is 134 cm³/mol. The Hall–Kier alpha value is -3.15. The van der Waals surface area contributed by atoms with Gasteiger partial charge in [-0.1, -0.05) is 66.2 Å². The number of carbonyl (C=O) groups is 1. The minimum absolute atomic E-state index is 0.349. The molecule has 3 aromatic rings. The van der Waals surface area contributed by atoms with Crippen LogP contribution in [-0.2, 0) is 11.2 Å². The lowest BCUT2D eigenvalue weighted by Gasteiger charge is -2.36. The zero-order valence-corrected chi connectivity index (χ0v) is 19.5. The maximum atomic E-state index is 11.8. The number of benzene rings is 3. The highest BCUT2D eigenvalue weighted by atomic mass is 35.5. The second kappa shape index (κ2) is 11.1. The third-order valence-corrected chi connectivity index (χ3v) is 6.19. The molecule has 0 amide bonds. The fraction of sp³-hybridized carbons (Fsp3) is 0.259. The van der Waals surface area contributed by atoms with E-state index in [4.69, 9.17) is 21.3 Å². The van der Waals surface area contributed by atoms with Crippen molar-refractivity contribution in [3.05, 3.63) is 101 Å². The van der Waals surface area contributed by atoms with Gasteiger partial charge >= 0.3 is 5.97 Å². The van der Waals surface area contributed by atoms with E-state index in [0.717, 1.165) is 56.2 Å². The minimum atomic E-state index is -0.349. The number of aliphatic imine (C=N–C) groups is 1. The molecule has 0 bridgehead atoms. The first-order chi connectivity index (χ1) is 16.1. The van der Waals surface area contributed by atoms with Crippen molar-refractivity contribution in [1.82, 2.24) is 9.80 Å². The topological polar surface area (TPSA) is 45.1 Å². The lowest BCUT2D eigenvalue weighted by Crippen LogP contribution is -2.49. The molecule has 1 saturated heterocycles. The van der Waals surface area contributed by atoms with E-state index in [-0.39, 0.29) is 5.97 Å². The number of esters is 1. The van der Waals surface area contributed by atoms with Gasteiger partial charge in [-0.3, -0.25) is 4.90 Å². The Balaban J connectivity index is 1.51. The molecule has 1 aliphatic heterocycles. The Morgan fingerprint density at radius 2 is 1.52 bits per heavy atom. The van der Waals surface area contributed by atoms with Gasteiger partial charge in [0.15, 0.2) is 0 Å². The number of rotatable bonds is 6. The molecule has 0 atom stereocenters. The molecule has 0 aliphatic carbocycles. The third kappa shape index (κ3) is 6.01. The summed E-state index contributed by atoms with van der Waals surface area (Å²) in [6, 6.07) is 25.6. The maximum Gasteiger partial charge on any atom is 0.337 e. The van der Waals surface area contributed by atoms with E-state index in [1.807, 2.05) is 36.4 Å². The highest BCUT2D eigenvalue weighted by Gasteiger charge is 2.21. The second-order valence-electron chi connectivity index (χ2n) is 8.02. The summed E-state index contributed by atoms with van der Waals surface area (Å²) in [4.78, 5) is 21.6. The highest BCUT2D eigenvalue weighted by Crippen LogP contribution is 2.26. The average molecular weight is 462 g/mol. The van der Waals surface area contributed by atoms with Gasteiger partial charge in [0.25, 0.3) is 0 Å². The van der Waals surface area contributed by atoms with E-state index in [1.54, 1.807) is 12.1 Å². The maximum absolute atomic E-state index is 11.8. The van der Waals surface area contributed by atoms with Gasteiger partial charge in [0.05, 0.1) is 23.4 Å². The van der Waals surface area contributed by atoms with Gasteiger partial charge in [0, 0.05) is 38.3 Å². The summed E-state index contributed by atoms with van der Waals surface area (Å²) in [6.45, 7) is 4.72. The van der Waals surface area contributed by atoms with Gasteiger partial charge in [-0.15, -0.1) is 0 Å². The zero-order valence-electron chi connectivity index (χ0n) is 18.8. The van der Waals surface area contributed by atoms with Crippen LogP contribution in [0.15, 0.2) is 83.9 Å². The fourth-order valence-electron chi connectivity index (χ4n) is 3.96. The number of halogens is 1. The molecule has 4 rings (SSSR count). The number of piperazine rings is 1. The van der Waals surface area contributed by atoms with Crippen LogP contribution in [0.5, 0.6) is 0 Å². The molecule has 33 heavy (non-hydrogen) atoms. The molecule has 0 N–H and O–H groups in total. The number of carbonyl (C=O) groups excluding carboxylic acids is 1. The summed E-state index contributed by atoms with van der Waals surface area (Å²) in [5.74, 6) is 0.514. The van der Waals surface area contributed by atoms with Crippen LogP contribution in [-0.4, -0.2) is 61.4 Å². The molecule has 1 aliphatic rings. The van der Waals surface area contributed by atoms with E-state index < -0.39 is 0 Å². The van der Waals surface area contributed by atoms with Gasteiger partial charge in [-0.05, 0) is 36.2 Å². The number of para-hydroxylation sites is 1. The minimum Gasteiger partial charge on any atom is -0.465 e. The van der Waals surface area contributed by atoms with E-state index in [1.165, 1.54) is 12.7 Å². The summed E-state index contributed by atoms with van der Waals surface area (Å²) in [6.07, 6.45) is 1.05. The summed E-state index contributed by atoms with van der Waals surface area (Å²) in [7, 11) is 1.39. The smallest absolute Gasteiger partial charge is 0.337 e. The summed E-state index contributed by atoms with van der Waals surface area (Å²) in [5, 5.41) is 0.614. The summed E-state index contributed by atoms with van der Waals surface area (Å²) >= 11 is 6.41. The van der Waals surface area contributed by atoms with E-state index in [2.05, 4.69) is 40.1 Å². The Labute approximate surface area is 200 Å². The molecule has 0 saturated carbocycles. The van der Waals surface area contributed by atoms with Crippen molar-refractivity contribution >= 4 is 29.1 Å². The molecule has 3 aromatic carbocycles. The van der Waals surface area contributed by atoms with Gasteiger partial charge < -0.3 is 9.64 Å². The molecular weight excluding hydrogens is 434 g/mol. The van der Waals surface area contributed by atoms with E-state index in [0.29, 0.717) is 10.6 Å². The molecular formula is C27H28ClN3O2. The van der Waals surface area contributed by atoms with Crippen molar-refractivity contribution in [3.63, 3.8) is 0 Å². The zero-order chi connectivity index (χ0) is 23.0. The number of hydrogen-bond acceptors (Lipinski definition) is 4. The molecule has 6 heteroatoms. The molecule has 170 valence electrons. The average Bonchev–Trinajstić information content (AvgIpc) is 2.88. The van der Waals surface area contributed by atoms with Crippen LogP contribution in [0.2, 0.25) is 5.02 Å². The largest absolute Gasteiger partial charge is 0.465 e. The number of ether oxygens (including phenoxy) is 1. The van der Waals surface area contributed by atoms with Crippen LogP contribution < -0.4 is 0 Å². The third-order valence-electron chi connectivity index (χ3n) is 5.87. The number of nitrogens with zero attached hydrogens (tertiary/aromatic N) is 3. The first-order valence-electron chi connectivity index (χ1n) is 11.2. The van der Waals surface area contributed by atoms with Crippen molar-refractivity contribution in [2.75, 3.05) is 39.8 Å². The highest BCUT2D eigenvalue weighted by molar-refractivity contribution is 6.33. The van der Waals surface area contributed by atoms with Gasteiger partial charge in [-0.2, -0.15) is 0 Å². The summed E-state index contributed by atoms with van der Waals surface area (Å²) < 4.78 is 4.83. The lowest BCUT2D eigenvalue weighted by atomic mass is 10.1. The van der Waals surface area contributed by atoms with Crippen LogP contribution in [0.4, 0.5) is 5.69 Å². The molecule has 0 aromatic heterocycles. The van der Waals surface area contributed by atoms with Crippen molar-refractivity contribution in [1.29, 1.82) is 0 Å². The number of methoxy groups -OCH3 is 1. The Morgan fingerprint density at radius 3 is 2.18 bits per heavy atom. The Morgan fingerprint density at radius 1 is 0.879 bits per heavy atom. The first-order valence-corrected chi connectivity index (χ1v) is 11.5. The van der Waals surface area contributed by atoms with Crippen LogP contribution in [0.1, 0.15) is 21.5 Å². The van der Waals surface area contributed by atoms with Crippen LogP contribution >= 0.6 is 11.6 Å². The molecule has 1 fully saturated rings. The SMILES string of the molecule is COC(=O)c1ccc(C(=Nc2ccccc2Cl)N2CCN(CCc3ccccc3)CC2)cc1. The first kappa shape index (κ1) is 23.0. The fourth-order valence-corrected chi connectivity index (χ4v) is 4.14. The molecule has 5 nitrogen and oxygen atoms in total. The molecule has 1 heterocycles. The van der Waals surface area contributed by atoms with Crippen LogP contribution in [0.3, 0.4) is 0 Å². The van der Waals surface area contributed by atoms with Crippen molar-refractivity contribution in [3.8, 4) is 0 Å². The van der Waals surface area contributed by atoms with Crippen molar-refractivity contribution < 1.29 is 9.53 Å². The lowest BCUT2D eigenvalue weighted by molar-refractivity contribution is 0.0600. The number of amidine groups is 1. The number of hydrogen-bond donors (Lipinski definition) is 0. The predicted octanol–water partition coefficient (Wildman–Crippen LogP) is 5.07. The second-order valence-corrected chi connectivity index (χ2v) is 8.43. The van der Waals surface area contributed by atoms with Crippen LogP contribution in [0, 0.1) is 0 Å². The molecule has 0 unspecified atom stereocenters. The monoisotopic (exact) mass is 461 g/mol. The quantitative estimate of drug-likeness (QED) is 0.292. The van der Waals surface area contributed by atoms with Gasteiger partial charge in [0.1, 0.15) is 5.84 Å². The summed E-state index contributed by atoms with van der Waals surface area (Å²) in [5.41, 5.74) is 3.56.